The number of rotatable bonds is 7. The van der Waals surface area contributed by atoms with E-state index in [0.717, 1.165) is 50.8 Å². The fourth-order valence-electron chi connectivity index (χ4n) is 4.28. The molecule has 2 amide bonds. The van der Waals surface area contributed by atoms with Gasteiger partial charge in [-0.2, -0.15) is 0 Å². The van der Waals surface area contributed by atoms with E-state index in [4.69, 9.17) is 10.5 Å². The van der Waals surface area contributed by atoms with Crippen molar-refractivity contribution < 1.29 is 14.3 Å². The summed E-state index contributed by atoms with van der Waals surface area (Å²) in [6.45, 7) is 6.02. The molecule has 2 heterocycles. The molecule has 2 fully saturated rings. The zero-order valence-corrected chi connectivity index (χ0v) is 18.3. The Bertz CT molecular complexity index is 900. The molecule has 1 atom stereocenters. The second-order valence-corrected chi connectivity index (χ2v) is 8.30. The molecule has 2 aliphatic rings. The molecule has 0 bridgehead atoms. The van der Waals surface area contributed by atoms with E-state index in [2.05, 4.69) is 27.2 Å². The first kappa shape index (κ1) is 22.3. The van der Waals surface area contributed by atoms with Crippen molar-refractivity contribution in [3.63, 3.8) is 0 Å². The molecule has 4 rings (SSSR count). The summed E-state index contributed by atoms with van der Waals surface area (Å²) in [6, 6.07) is 17.5. The van der Waals surface area contributed by atoms with Gasteiger partial charge < -0.3 is 20.7 Å². The zero-order chi connectivity index (χ0) is 22.3. The minimum Gasteiger partial charge on any atom is -0.378 e. The van der Waals surface area contributed by atoms with Gasteiger partial charge in [0, 0.05) is 50.6 Å². The first-order chi connectivity index (χ1) is 15.6. The average molecular weight is 438 g/mol. The number of hydrogen-bond acceptors (Lipinski definition) is 6. The molecule has 2 aliphatic heterocycles. The SMILES string of the molecule is NC(=O)[C@H]1CN(Cc2ccccc2)CCN1CC(=O)Nc1ccc(N2CCOCC2)cc1. The highest BCUT2D eigenvalue weighted by Gasteiger charge is 2.32. The van der Waals surface area contributed by atoms with Crippen LogP contribution >= 0.6 is 0 Å². The van der Waals surface area contributed by atoms with Crippen molar-refractivity contribution in [2.24, 2.45) is 5.73 Å². The monoisotopic (exact) mass is 437 g/mol. The fraction of sp³-hybridized carbons (Fsp3) is 0.417. The number of carbonyl (C=O) groups is 2. The molecule has 0 saturated carbocycles. The zero-order valence-electron chi connectivity index (χ0n) is 18.3. The summed E-state index contributed by atoms with van der Waals surface area (Å²) in [7, 11) is 0. The van der Waals surface area contributed by atoms with Gasteiger partial charge in [-0.05, 0) is 29.8 Å². The van der Waals surface area contributed by atoms with E-state index in [0.29, 0.717) is 13.1 Å². The van der Waals surface area contributed by atoms with Crippen LogP contribution < -0.4 is 16.0 Å². The van der Waals surface area contributed by atoms with Gasteiger partial charge in [-0.25, -0.2) is 0 Å². The number of nitrogens with one attached hydrogen (secondary N) is 1. The molecule has 2 aromatic rings. The molecule has 2 aromatic carbocycles. The molecule has 0 radical (unpaired) electrons. The van der Waals surface area contributed by atoms with E-state index >= 15 is 0 Å². The van der Waals surface area contributed by atoms with Gasteiger partial charge >= 0.3 is 0 Å². The highest BCUT2D eigenvalue weighted by Crippen LogP contribution is 2.19. The molecule has 8 heteroatoms. The van der Waals surface area contributed by atoms with Crippen molar-refractivity contribution in [3.05, 3.63) is 60.2 Å². The summed E-state index contributed by atoms with van der Waals surface area (Å²) in [4.78, 5) is 31.1. The Balaban J connectivity index is 1.30. The molecule has 32 heavy (non-hydrogen) atoms. The maximum Gasteiger partial charge on any atom is 0.238 e. The van der Waals surface area contributed by atoms with Gasteiger partial charge in [0.2, 0.25) is 11.8 Å². The number of primary amides is 1. The molecular formula is C24H31N5O3. The van der Waals surface area contributed by atoms with Crippen LogP contribution in [-0.2, 0) is 20.9 Å². The van der Waals surface area contributed by atoms with Crippen molar-refractivity contribution in [1.82, 2.24) is 9.80 Å². The molecule has 3 N–H and O–H groups in total. The molecule has 2 saturated heterocycles. The third kappa shape index (κ3) is 5.85. The van der Waals surface area contributed by atoms with Gasteiger partial charge in [0.1, 0.15) is 6.04 Å². The van der Waals surface area contributed by atoms with Crippen LogP contribution in [0.25, 0.3) is 0 Å². The van der Waals surface area contributed by atoms with Gasteiger partial charge in [-0.15, -0.1) is 0 Å². The summed E-state index contributed by atoms with van der Waals surface area (Å²) in [5.41, 5.74) is 8.73. The fourth-order valence-corrected chi connectivity index (χ4v) is 4.28. The Morgan fingerprint density at radius 3 is 2.38 bits per heavy atom. The number of amides is 2. The Morgan fingerprint density at radius 2 is 1.69 bits per heavy atom. The maximum absolute atomic E-state index is 12.7. The third-order valence-corrected chi connectivity index (χ3v) is 6.03. The standard InChI is InChI=1S/C24H31N5O3/c25-24(31)22-17-27(16-19-4-2-1-3-5-19)10-11-29(22)18-23(30)26-20-6-8-21(9-7-20)28-12-14-32-15-13-28/h1-9,22H,10-18H2,(H2,25,31)(H,26,30)/t22-/m1/s1. The number of carbonyl (C=O) groups excluding carboxylic acids is 2. The number of piperazine rings is 1. The minimum atomic E-state index is -0.484. The van der Waals surface area contributed by atoms with Crippen LogP contribution in [0.4, 0.5) is 11.4 Å². The van der Waals surface area contributed by atoms with Crippen LogP contribution in [0.2, 0.25) is 0 Å². The smallest absolute Gasteiger partial charge is 0.238 e. The van der Waals surface area contributed by atoms with E-state index in [1.165, 1.54) is 5.56 Å². The highest BCUT2D eigenvalue weighted by molar-refractivity contribution is 5.93. The first-order valence-corrected chi connectivity index (χ1v) is 11.1. The Kier molecular flexibility index (Phi) is 7.36. The highest BCUT2D eigenvalue weighted by atomic mass is 16.5. The Hall–Kier alpha value is -2.94. The van der Waals surface area contributed by atoms with Crippen LogP contribution in [0, 0.1) is 0 Å². The van der Waals surface area contributed by atoms with Crippen LogP contribution in [0.15, 0.2) is 54.6 Å². The number of hydrogen-bond donors (Lipinski definition) is 2. The Morgan fingerprint density at radius 1 is 0.969 bits per heavy atom. The second-order valence-electron chi connectivity index (χ2n) is 8.30. The predicted molar refractivity (Wildman–Crippen MR) is 124 cm³/mol. The van der Waals surface area contributed by atoms with Gasteiger partial charge in [0.15, 0.2) is 0 Å². The Labute approximate surface area is 188 Å². The lowest BCUT2D eigenvalue weighted by atomic mass is 10.1. The number of morpholine rings is 1. The number of nitrogens with two attached hydrogens (primary N) is 1. The van der Waals surface area contributed by atoms with Gasteiger partial charge in [0.25, 0.3) is 0 Å². The molecule has 170 valence electrons. The lowest BCUT2D eigenvalue weighted by molar-refractivity contribution is -0.127. The summed E-state index contributed by atoms with van der Waals surface area (Å²) in [5.74, 6) is -0.544. The van der Waals surface area contributed by atoms with Gasteiger partial charge in [-0.1, -0.05) is 30.3 Å². The summed E-state index contributed by atoms with van der Waals surface area (Å²) in [5, 5.41) is 2.94. The number of benzene rings is 2. The van der Waals surface area contributed by atoms with Crippen molar-refractivity contribution >= 4 is 23.2 Å². The molecule has 8 nitrogen and oxygen atoms in total. The van der Waals surface area contributed by atoms with Crippen LogP contribution in [0.3, 0.4) is 0 Å². The molecule has 0 aliphatic carbocycles. The molecule has 0 spiro atoms. The van der Waals surface area contributed by atoms with E-state index in [-0.39, 0.29) is 12.5 Å². The van der Waals surface area contributed by atoms with Gasteiger partial charge in [0.05, 0.1) is 19.8 Å². The van der Waals surface area contributed by atoms with Crippen molar-refractivity contribution in [1.29, 1.82) is 0 Å². The third-order valence-electron chi connectivity index (χ3n) is 6.03. The number of ether oxygens (including phenoxy) is 1. The van der Waals surface area contributed by atoms with E-state index in [9.17, 15) is 9.59 Å². The summed E-state index contributed by atoms with van der Waals surface area (Å²) in [6.07, 6.45) is 0. The maximum atomic E-state index is 12.7. The van der Waals surface area contributed by atoms with Gasteiger partial charge in [-0.3, -0.25) is 19.4 Å². The second kappa shape index (κ2) is 10.6. The normalized spacial score (nSPS) is 20.1. The summed E-state index contributed by atoms with van der Waals surface area (Å²) >= 11 is 0. The lowest BCUT2D eigenvalue weighted by Crippen LogP contribution is -2.59. The molecule has 0 unspecified atom stereocenters. The number of anilines is 2. The minimum absolute atomic E-state index is 0.137. The lowest BCUT2D eigenvalue weighted by Gasteiger charge is -2.39. The molecular weight excluding hydrogens is 406 g/mol. The van der Waals surface area contributed by atoms with E-state index in [1.54, 1.807) is 0 Å². The van der Waals surface area contributed by atoms with Crippen LogP contribution in [0.5, 0.6) is 0 Å². The number of nitrogens with zero attached hydrogens (tertiary/aromatic N) is 3. The van der Waals surface area contributed by atoms with Crippen molar-refractivity contribution in [2.45, 2.75) is 12.6 Å². The van der Waals surface area contributed by atoms with Crippen LogP contribution in [-0.4, -0.2) is 80.1 Å². The van der Waals surface area contributed by atoms with Crippen LogP contribution in [0.1, 0.15) is 5.56 Å². The topological polar surface area (TPSA) is 91.1 Å². The van der Waals surface area contributed by atoms with E-state index in [1.807, 2.05) is 47.4 Å². The molecule has 0 aromatic heterocycles. The summed E-state index contributed by atoms with van der Waals surface area (Å²) < 4.78 is 5.39. The van der Waals surface area contributed by atoms with E-state index < -0.39 is 11.9 Å². The predicted octanol–water partition coefficient (Wildman–Crippen LogP) is 1.13. The average Bonchev–Trinajstić information content (AvgIpc) is 2.81. The van der Waals surface area contributed by atoms with Crippen molar-refractivity contribution in [3.8, 4) is 0 Å². The quantitative estimate of drug-likeness (QED) is 0.675. The first-order valence-electron chi connectivity index (χ1n) is 11.1. The largest absolute Gasteiger partial charge is 0.378 e. The van der Waals surface area contributed by atoms with Crippen molar-refractivity contribution in [2.75, 3.05) is 62.7 Å².